The number of para-hydroxylation sites is 1. The van der Waals surface area contributed by atoms with Crippen LogP contribution in [-0.2, 0) is 9.53 Å². The van der Waals surface area contributed by atoms with E-state index in [9.17, 15) is 14.7 Å². The van der Waals surface area contributed by atoms with Crippen LogP contribution in [0.1, 0.15) is 26.3 Å². The number of methoxy groups -OCH3 is 1. The number of carbonyl (C=O) groups excluding carboxylic acids is 1. The fraction of sp³-hybridized carbons (Fsp3) is 0.333. The summed E-state index contributed by atoms with van der Waals surface area (Å²) in [6.07, 6.45) is 0.500. The van der Waals surface area contributed by atoms with Gasteiger partial charge < -0.3 is 9.84 Å². The van der Waals surface area contributed by atoms with Gasteiger partial charge in [-0.25, -0.2) is 4.79 Å². The van der Waals surface area contributed by atoms with Crippen molar-refractivity contribution in [2.45, 2.75) is 26.3 Å². The summed E-state index contributed by atoms with van der Waals surface area (Å²) in [6, 6.07) is 7.12. The van der Waals surface area contributed by atoms with Gasteiger partial charge in [0.1, 0.15) is 5.54 Å². The molecule has 0 saturated carbocycles. The van der Waals surface area contributed by atoms with Gasteiger partial charge in [0.05, 0.1) is 7.11 Å². The van der Waals surface area contributed by atoms with Gasteiger partial charge in [-0.2, -0.15) is 4.79 Å². The van der Waals surface area contributed by atoms with Crippen molar-refractivity contribution in [2.24, 2.45) is 0 Å². The minimum Gasteiger partial charge on any atom is -0.462 e. The molecule has 1 N–H and O–H groups in total. The first-order valence-electron chi connectivity index (χ1n) is 6.29. The summed E-state index contributed by atoms with van der Waals surface area (Å²) < 4.78 is 4.22. The largest absolute Gasteiger partial charge is 0.524 e. The van der Waals surface area contributed by atoms with Crippen LogP contribution in [0.25, 0.3) is 6.08 Å². The van der Waals surface area contributed by atoms with Gasteiger partial charge in [0.15, 0.2) is 5.69 Å². The van der Waals surface area contributed by atoms with E-state index in [1.807, 2.05) is 6.07 Å². The summed E-state index contributed by atoms with van der Waals surface area (Å²) in [7, 11) is 1.26. The maximum absolute atomic E-state index is 12.1. The Balaban J connectivity index is 2.83. The van der Waals surface area contributed by atoms with E-state index in [0.29, 0.717) is 5.69 Å². The molecular weight excluding hydrogens is 258 g/mol. The van der Waals surface area contributed by atoms with Crippen LogP contribution in [-0.4, -0.2) is 29.8 Å². The Labute approximate surface area is 117 Å². The Morgan fingerprint density at radius 2 is 1.80 bits per heavy atom. The molecule has 1 aliphatic heterocycles. The molecule has 1 unspecified atom stereocenters. The number of benzene rings is 1. The van der Waals surface area contributed by atoms with E-state index in [4.69, 9.17) is 4.74 Å². The minimum absolute atomic E-state index is 0.119. The van der Waals surface area contributed by atoms with Gasteiger partial charge in [-0.3, -0.25) is 0 Å². The second-order valence-electron chi connectivity index (χ2n) is 5.70. The van der Waals surface area contributed by atoms with Gasteiger partial charge in [-0.05, 0) is 26.8 Å². The summed E-state index contributed by atoms with van der Waals surface area (Å²) in [5, 5.41) is 9.88. The number of carbonyl (C=O) groups is 2. The van der Waals surface area contributed by atoms with Crippen molar-refractivity contribution >= 4 is 23.8 Å². The number of quaternary nitrogens is 1. The number of esters is 1. The predicted molar refractivity (Wildman–Crippen MR) is 76.0 cm³/mol. The molecule has 0 fully saturated rings. The van der Waals surface area contributed by atoms with Gasteiger partial charge in [-0.15, -0.1) is 4.48 Å². The van der Waals surface area contributed by atoms with E-state index in [0.717, 1.165) is 5.56 Å². The Hall–Kier alpha value is -2.14. The number of nitrogens with zero attached hydrogens (tertiary/aromatic N) is 1. The molecule has 1 heterocycles. The fourth-order valence-electron chi connectivity index (χ4n) is 2.81. The fourth-order valence-corrected chi connectivity index (χ4v) is 2.81. The van der Waals surface area contributed by atoms with E-state index in [1.54, 1.807) is 45.0 Å². The summed E-state index contributed by atoms with van der Waals surface area (Å²) in [4.78, 5) is 24.2. The third kappa shape index (κ3) is 1.67. The van der Waals surface area contributed by atoms with Crippen LogP contribution in [0.15, 0.2) is 30.0 Å². The lowest BCUT2D eigenvalue weighted by molar-refractivity contribution is -0.138. The van der Waals surface area contributed by atoms with Crippen molar-refractivity contribution in [3.05, 3.63) is 35.5 Å². The third-order valence-electron chi connectivity index (χ3n) is 3.64. The number of carboxylic acid groups (broad SMARTS) is 1. The number of ether oxygens (including phenoxy) is 1. The highest BCUT2D eigenvalue weighted by Crippen LogP contribution is 2.46. The molecule has 20 heavy (non-hydrogen) atoms. The molecule has 5 heteroatoms. The first-order valence-corrected chi connectivity index (χ1v) is 6.29. The zero-order valence-electron chi connectivity index (χ0n) is 12.0. The summed E-state index contributed by atoms with van der Waals surface area (Å²) in [5.41, 5.74) is 0.685. The molecular formula is C15H18NO4+. The molecule has 5 nitrogen and oxygen atoms in total. The summed E-state index contributed by atoms with van der Waals surface area (Å²) in [6.45, 7) is 5.38. The first kappa shape index (κ1) is 14.3. The van der Waals surface area contributed by atoms with Crippen LogP contribution < -0.4 is 4.48 Å². The topological polar surface area (TPSA) is 63.6 Å². The molecule has 2 rings (SSSR count). The number of hydrogen-bond acceptors (Lipinski definition) is 3. The zero-order chi connectivity index (χ0) is 15.1. The van der Waals surface area contributed by atoms with Gasteiger partial charge >= 0.3 is 12.1 Å². The van der Waals surface area contributed by atoms with Crippen LogP contribution in [0, 0.1) is 0 Å². The maximum Gasteiger partial charge on any atom is 0.524 e. The van der Waals surface area contributed by atoms with Crippen molar-refractivity contribution in [1.29, 1.82) is 0 Å². The SMILES string of the molecule is COC(=O)C1=Cc2ccccc2[N+]1(C(=O)O)C(C)(C)C. The molecule has 0 saturated heterocycles. The molecule has 106 valence electrons. The van der Waals surface area contributed by atoms with Crippen molar-refractivity contribution in [3.63, 3.8) is 0 Å². The van der Waals surface area contributed by atoms with E-state index in [-0.39, 0.29) is 5.70 Å². The lowest BCUT2D eigenvalue weighted by atomic mass is 9.99. The number of amides is 1. The van der Waals surface area contributed by atoms with Gasteiger partial charge in [-0.1, -0.05) is 12.1 Å². The number of rotatable bonds is 1. The van der Waals surface area contributed by atoms with Gasteiger partial charge in [0.2, 0.25) is 5.70 Å². The van der Waals surface area contributed by atoms with Crippen molar-refractivity contribution in [2.75, 3.05) is 7.11 Å². The predicted octanol–water partition coefficient (Wildman–Crippen LogP) is 3.00. The first-order chi connectivity index (χ1) is 9.26. The average Bonchev–Trinajstić information content (AvgIpc) is 2.73. The Morgan fingerprint density at radius 3 is 2.30 bits per heavy atom. The molecule has 1 amide bonds. The average molecular weight is 276 g/mol. The smallest absolute Gasteiger partial charge is 0.462 e. The molecule has 0 bridgehead atoms. The molecule has 1 aliphatic rings. The van der Waals surface area contributed by atoms with Crippen LogP contribution in [0.4, 0.5) is 10.5 Å². The van der Waals surface area contributed by atoms with E-state index in [2.05, 4.69) is 0 Å². The quantitative estimate of drug-likeness (QED) is 0.632. The van der Waals surface area contributed by atoms with Gasteiger partial charge in [0, 0.05) is 17.7 Å². The number of hydrogen-bond donors (Lipinski definition) is 1. The van der Waals surface area contributed by atoms with Crippen molar-refractivity contribution in [1.82, 2.24) is 4.48 Å². The molecule has 1 atom stereocenters. The van der Waals surface area contributed by atoms with Crippen LogP contribution >= 0.6 is 0 Å². The Kier molecular flexibility index (Phi) is 3.18. The molecule has 0 radical (unpaired) electrons. The normalized spacial score (nSPS) is 21.1. The van der Waals surface area contributed by atoms with Crippen LogP contribution in [0.3, 0.4) is 0 Å². The molecule has 0 aromatic heterocycles. The highest BCUT2D eigenvalue weighted by atomic mass is 16.5. The van der Waals surface area contributed by atoms with Crippen molar-refractivity contribution < 1.29 is 19.4 Å². The lowest BCUT2D eigenvalue weighted by Gasteiger charge is -2.40. The second kappa shape index (κ2) is 4.45. The van der Waals surface area contributed by atoms with Gasteiger partial charge in [0.25, 0.3) is 0 Å². The minimum atomic E-state index is -1.10. The van der Waals surface area contributed by atoms with E-state index >= 15 is 0 Å². The molecule has 0 spiro atoms. The molecule has 0 aliphatic carbocycles. The standard InChI is InChI=1S/C15H17NO4/c1-15(2,3)16(14(18)19)11-8-6-5-7-10(11)9-12(16)13(17)20-4/h5-9H,1-4H3/p+1. The zero-order valence-corrected chi connectivity index (χ0v) is 12.0. The van der Waals surface area contributed by atoms with E-state index < -0.39 is 22.1 Å². The van der Waals surface area contributed by atoms with E-state index in [1.165, 1.54) is 7.11 Å². The number of fused-ring (bicyclic) bond motifs is 1. The Bertz CT molecular complexity index is 613. The highest BCUT2D eigenvalue weighted by Gasteiger charge is 2.59. The highest BCUT2D eigenvalue weighted by molar-refractivity contribution is 6.08. The lowest BCUT2D eigenvalue weighted by Crippen LogP contribution is -2.64. The molecule has 1 aromatic carbocycles. The Morgan fingerprint density at radius 1 is 1.20 bits per heavy atom. The van der Waals surface area contributed by atoms with Crippen LogP contribution in [0.5, 0.6) is 0 Å². The summed E-state index contributed by atoms with van der Waals surface area (Å²) >= 11 is 0. The second-order valence-corrected chi connectivity index (χ2v) is 5.70. The molecule has 1 aromatic rings. The van der Waals surface area contributed by atoms with Crippen LogP contribution in [0.2, 0.25) is 0 Å². The third-order valence-corrected chi connectivity index (χ3v) is 3.64. The maximum atomic E-state index is 12.1. The summed E-state index contributed by atoms with van der Waals surface area (Å²) in [5.74, 6) is -0.626. The monoisotopic (exact) mass is 276 g/mol. The van der Waals surface area contributed by atoms with Crippen molar-refractivity contribution in [3.8, 4) is 0 Å².